The van der Waals surface area contributed by atoms with E-state index in [9.17, 15) is 9.18 Å². The number of benzene rings is 1. The topological polar surface area (TPSA) is 92.3 Å². The Bertz CT molecular complexity index is 1080. The van der Waals surface area contributed by atoms with Gasteiger partial charge in [-0.15, -0.1) is 0 Å². The van der Waals surface area contributed by atoms with Gasteiger partial charge in [-0.2, -0.15) is 4.98 Å². The summed E-state index contributed by atoms with van der Waals surface area (Å²) in [5.41, 5.74) is 0.947. The summed E-state index contributed by atoms with van der Waals surface area (Å²) in [7, 11) is 1.73. The fourth-order valence-electron chi connectivity index (χ4n) is 4.47. The lowest BCUT2D eigenvalue weighted by Gasteiger charge is -2.35. The number of halogens is 1. The zero-order valence-electron chi connectivity index (χ0n) is 17.6. The number of aromatic nitrogens is 4. The number of nitrogens with zero attached hydrogens (tertiary/aromatic N) is 6. The van der Waals surface area contributed by atoms with E-state index in [1.165, 1.54) is 25.3 Å². The molecule has 9 nitrogen and oxygen atoms in total. The van der Waals surface area contributed by atoms with Crippen LogP contribution in [-0.2, 0) is 7.05 Å². The highest BCUT2D eigenvalue weighted by Crippen LogP contribution is 2.25. The fourth-order valence-corrected chi connectivity index (χ4v) is 4.47. The second-order valence-corrected chi connectivity index (χ2v) is 8.26. The summed E-state index contributed by atoms with van der Waals surface area (Å²) in [5.74, 6) is 0.413. The molecule has 164 valence electrons. The van der Waals surface area contributed by atoms with Crippen molar-refractivity contribution in [2.24, 2.45) is 7.05 Å². The van der Waals surface area contributed by atoms with Gasteiger partial charge >= 0.3 is 12.0 Å². The molecule has 2 fully saturated rings. The molecule has 0 radical (unpaired) electrons. The molecule has 1 saturated carbocycles. The largest absolute Gasteiger partial charge is 0.335 e. The summed E-state index contributed by atoms with van der Waals surface area (Å²) in [4.78, 5) is 25.3. The van der Waals surface area contributed by atoms with Crippen LogP contribution in [0.3, 0.4) is 0 Å². The van der Waals surface area contributed by atoms with E-state index in [1.807, 2.05) is 9.80 Å². The summed E-state index contributed by atoms with van der Waals surface area (Å²) in [6.45, 7) is 2.40. The summed E-state index contributed by atoms with van der Waals surface area (Å²) >= 11 is 0. The number of hydrogen-bond donors (Lipinski definition) is 1. The Labute approximate surface area is 179 Å². The lowest BCUT2D eigenvalue weighted by Crippen LogP contribution is -2.53. The second kappa shape index (κ2) is 8.16. The minimum Gasteiger partial charge on any atom is -0.335 e. The van der Waals surface area contributed by atoms with Crippen LogP contribution >= 0.6 is 0 Å². The number of carbonyl (C=O) groups excluding carboxylic acids is 1. The first-order valence-corrected chi connectivity index (χ1v) is 10.9. The van der Waals surface area contributed by atoms with Crippen LogP contribution in [0.5, 0.6) is 0 Å². The zero-order valence-corrected chi connectivity index (χ0v) is 17.6. The van der Waals surface area contributed by atoms with E-state index in [-0.39, 0.29) is 11.8 Å². The average Bonchev–Trinajstić information content (AvgIpc) is 3.40. The summed E-state index contributed by atoms with van der Waals surface area (Å²) in [6, 6.07) is 5.48. The summed E-state index contributed by atoms with van der Waals surface area (Å²) in [5, 5.41) is 7.22. The standard InChI is InChI=1S/C21H26FN7O2/c1-27-17-15(22)8-5-9-16(17)24-19(27)18-25-21(31-26-18)29-12-10-28(11-13-29)20(30)23-14-6-3-2-4-7-14/h5,8-9,14H,2-4,6-7,10-13H2,1H3,(H,23,30). The molecule has 0 spiro atoms. The van der Waals surface area contributed by atoms with Crippen LogP contribution in [0.2, 0.25) is 0 Å². The van der Waals surface area contributed by atoms with Gasteiger partial charge < -0.3 is 24.2 Å². The van der Waals surface area contributed by atoms with Crippen LogP contribution in [0.15, 0.2) is 22.7 Å². The third kappa shape index (κ3) is 3.82. The molecule has 5 rings (SSSR count). The number of para-hydroxylation sites is 1. The van der Waals surface area contributed by atoms with Crippen molar-refractivity contribution in [2.75, 3.05) is 31.1 Å². The molecular formula is C21H26FN7O2. The van der Waals surface area contributed by atoms with E-state index in [0.717, 1.165) is 12.8 Å². The number of rotatable bonds is 3. The molecule has 1 aliphatic heterocycles. The predicted molar refractivity (Wildman–Crippen MR) is 113 cm³/mol. The van der Waals surface area contributed by atoms with E-state index in [4.69, 9.17) is 4.52 Å². The molecule has 3 aromatic rings. The molecule has 1 N–H and O–H groups in total. The number of imidazole rings is 1. The molecule has 0 atom stereocenters. The first-order chi connectivity index (χ1) is 15.1. The number of nitrogens with one attached hydrogen (secondary N) is 1. The van der Waals surface area contributed by atoms with E-state index < -0.39 is 0 Å². The van der Waals surface area contributed by atoms with Crippen LogP contribution < -0.4 is 10.2 Å². The van der Waals surface area contributed by atoms with Crippen molar-refractivity contribution in [3.63, 3.8) is 0 Å². The van der Waals surface area contributed by atoms with Crippen LogP contribution in [-0.4, -0.2) is 62.8 Å². The number of amides is 2. The Balaban J connectivity index is 1.24. The van der Waals surface area contributed by atoms with Gasteiger partial charge in [0.25, 0.3) is 0 Å². The van der Waals surface area contributed by atoms with Crippen molar-refractivity contribution in [2.45, 2.75) is 38.1 Å². The highest BCUT2D eigenvalue weighted by molar-refractivity contribution is 5.80. The van der Waals surface area contributed by atoms with Gasteiger partial charge in [0, 0.05) is 39.3 Å². The van der Waals surface area contributed by atoms with E-state index >= 15 is 0 Å². The van der Waals surface area contributed by atoms with Crippen molar-refractivity contribution in [3.05, 3.63) is 24.0 Å². The number of fused-ring (bicyclic) bond motifs is 1. The van der Waals surface area contributed by atoms with Gasteiger partial charge in [-0.25, -0.2) is 14.2 Å². The minimum atomic E-state index is -0.343. The lowest BCUT2D eigenvalue weighted by molar-refractivity contribution is 0.185. The third-order valence-corrected chi connectivity index (χ3v) is 6.23. The van der Waals surface area contributed by atoms with Gasteiger partial charge in [-0.3, -0.25) is 0 Å². The SMILES string of the molecule is Cn1c(-c2noc(N3CCN(C(=O)NC4CCCCC4)CC3)n2)nc2cccc(F)c21. The van der Waals surface area contributed by atoms with Crippen molar-refractivity contribution in [1.82, 2.24) is 29.9 Å². The molecule has 0 bridgehead atoms. The normalized spacial score (nSPS) is 18.0. The number of anilines is 1. The van der Waals surface area contributed by atoms with Crippen LogP contribution in [0.25, 0.3) is 22.7 Å². The summed E-state index contributed by atoms with van der Waals surface area (Å²) < 4.78 is 21.2. The van der Waals surface area contributed by atoms with Crippen molar-refractivity contribution < 1.29 is 13.7 Å². The van der Waals surface area contributed by atoms with Gasteiger partial charge in [-0.05, 0) is 25.0 Å². The molecule has 1 saturated heterocycles. The lowest BCUT2D eigenvalue weighted by atomic mass is 9.96. The Kier molecular flexibility index (Phi) is 5.21. The van der Waals surface area contributed by atoms with Crippen LogP contribution in [0.4, 0.5) is 15.2 Å². The predicted octanol–water partition coefficient (Wildman–Crippen LogP) is 2.93. The molecule has 31 heavy (non-hydrogen) atoms. The maximum Gasteiger partial charge on any atom is 0.324 e. The van der Waals surface area contributed by atoms with Crippen LogP contribution in [0, 0.1) is 5.82 Å². The molecule has 1 aromatic carbocycles. The number of carbonyl (C=O) groups is 1. The molecule has 2 amide bonds. The van der Waals surface area contributed by atoms with Gasteiger partial charge in [0.2, 0.25) is 5.82 Å². The van der Waals surface area contributed by atoms with E-state index in [1.54, 1.807) is 23.7 Å². The Morgan fingerprint density at radius 2 is 1.90 bits per heavy atom. The maximum atomic E-state index is 14.2. The Morgan fingerprint density at radius 3 is 2.65 bits per heavy atom. The van der Waals surface area contributed by atoms with Gasteiger partial charge in [0.05, 0.1) is 5.52 Å². The van der Waals surface area contributed by atoms with Crippen molar-refractivity contribution in [1.29, 1.82) is 0 Å². The molecule has 0 unspecified atom stereocenters. The fraction of sp³-hybridized carbons (Fsp3) is 0.524. The maximum absolute atomic E-state index is 14.2. The zero-order chi connectivity index (χ0) is 21.4. The Hall–Kier alpha value is -3.17. The molecule has 1 aliphatic carbocycles. The summed E-state index contributed by atoms with van der Waals surface area (Å²) in [6.07, 6.45) is 5.79. The second-order valence-electron chi connectivity index (χ2n) is 8.26. The van der Waals surface area contributed by atoms with Crippen LogP contribution in [0.1, 0.15) is 32.1 Å². The quantitative estimate of drug-likeness (QED) is 0.691. The molecular weight excluding hydrogens is 401 g/mol. The van der Waals surface area contributed by atoms with E-state index in [2.05, 4.69) is 20.4 Å². The van der Waals surface area contributed by atoms with Gasteiger partial charge in [0.15, 0.2) is 5.82 Å². The number of piperazine rings is 1. The number of urea groups is 1. The molecule has 3 heterocycles. The Morgan fingerprint density at radius 1 is 1.13 bits per heavy atom. The third-order valence-electron chi connectivity index (χ3n) is 6.23. The van der Waals surface area contributed by atoms with E-state index in [0.29, 0.717) is 60.9 Å². The number of hydrogen-bond acceptors (Lipinski definition) is 6. The first-order valence-electron chi connectivity index (χ1n) is 10.9. The molecule has 10 heteroatoms. The first kappa shape index (κ1) is 19.8. The smallest absolute Gasteiger partial charge is 0.324 e. The average molecular weight is 427 g/mol. The monoisotopic (exact) mass is 427 g/mol. The molecule has 2 aliphatic rings. The van der Waals surface area contributed by atoms with Crippen molar-refractivity contribution in [3.8, 4) is 11.6 Å². The van der Waals surface area contributed by atoms with Crippen molar-refractivity contribution >= 4 is 23.1 Å². The highest BCUT2D eigenvalue weighted by Gasteiger charge is 2.27. The van der Waals surface area contributed by atoms with Gasteiger partial charge in [-0.1, -0.05) is 30.5 Å². The molecule has 2 aromatic heterocycles. The minimum absolute atomic E-state index is 0.0134. The number of aryl methyl sites for hydroxylation is 1. The van der Waals surface area contributed by atoms with Gasteiger partial charge in [0.1, 0.15) is 11.3 Å². The highest BCUT2D eigenvalue weighted by atomic mass is 19.1.